The summed E-state index contributed by atoms with van der Waals surface area (Å²) in [5, 5.41) is 4.30. The largest absolute Gasteiger partial charge is 0.317 e. The molecule has 1 N–H and O–H groups in total. The first kappa shape index (κ1) is 16.1. The first-order valence-electron chi connectivity index (χ1n) is 7.56. The summed E-state index contributed by atoms with van der Waals surface area (Å²) in [6, 6.07) is 15.5. The Balaban J connectivity index is 1.97. The van der Waals surface area contributed by atoms with E-state index in [-0.39, 0.29) is 0 Å². The number of halogens is 1. The van der Waals surface area contributed by atoms with E-state index in [1.807, 2.05) is 13.1 Å². The summed E-state index contributed by atoms with van der Waals surface area (Å²) in [5.74, 6) is 0. The fourth-order valence-electron chi connectivity index (χ4n) is 2.64. The Morgan fingerprint density at radius 3 is 2.48 bits per heavy atom. The third kappa shape index (κ3) is 4.87. The zero-order valence-electron chi connectivity index (χ0n) is 13.1. The molecule has 0 saturated carbocycles. The lowest BCUT2D eigenvalue weighted by Gasteiger charge is -2.17. The Morgan fingerprint density at radius 1 is 1.05 bits per heavy atom. The van der Waals surface area contributed by atoms with Crippen LogP contribution in [0, 0.1) is 13.8 Å². The highest BCUT2D eigenvalue weighted by Gasteiger charge is 2.10. The molecule has 2 rings (SSSR count). The highest BCUT2D eigenvalue weighted by atomic mass is 35.5. The second-order valence-corrected chi connectivity index (χ2v) is 6.22. The average Bonchev–Trinajstić information content (AvgIpc) is 2.45. The van der Waals surface area contributed by atoms with E-state index in [0.717, 1.165) is 24.3 Å². The van der Waals surface area contributed by atoms with Crippen molar-refractivity contribution < 1.29 is 0 Å². The van der Waals surface area contributed by atoms with Gasteiger partial charge >= 0.3 is 0 Å². The summed E-state index contributed by atoms with van der Waals surface area (Å²) in [6.45, 7) is 4.22. The van der Waals surface area contributed by atoms with Crippen molar-refractivity contribution in [1.82, 2.24) is 5.32 Å². The van der Waals surface area contributed by atoms with Crippen LogP contribution in [0.4, 0.5) is 0 Å². The molecule has 1 atom stereocenters. The molecule has 1 nitrogen and oxygen atoms in total. The monoisotopic (exact) mass is 301 g/mol. The lowest BCUT2D eigenvalue weighted by molar-refractivity contribution is 0.520. The molecule has 0 radical (unpaired) electrons. The first-order valence-corrected chi connectivity index (χ1v) is 7.94. The van der Waals surface area contributed by atoms with Crippen LogP contribution < -0.4 is 5.32 Å². The molecule has 112 valence electrons. The summed E-state index contributed by atoms with van der Waals surface area (Å²) in [6.07, 6.45) is 3.18. The van der Waals surface area contributed by atoms with E-state index < -0.39 is 0 Å². The van der Waals surface area contributed by atoms with Crippen molar-refractivity contribution in [2.45, 2.75) is 39.2 Å². The second-order valence-electron chi connectivity index (χ2n) is 5.81. The molecular weight excluding hydrogens is 278 g/mol. The van der Waals surface area contributed by atoms with E-state index >= 15 is 0 Å². The molecule has 0 aliphatic rings. The Kier molecular flexibility index (Phi) is 5.84. The molecular formula is C19H24ClN. The van der Waals surface area contributed by atoms with E-state index in [2.05, 4.69) is 55.6 Å². The summed E-state index contributed by atoms with van der Waals surface area (Å²) >= 11 is 6.34. The van der Waals surface area contributed by atoms with Crippen LogP contribution in [0.3, 0.4) is 0 Å². The molecule has 0 aromatic heterocycles. The Bertz CT molecular complexity index is 592. The third-order valence-electron chi connectivity index (χ3n) is 3.95. The number of rotatable bonds is 6. The first-order chi connectivity index (χ1) is 10.1. The molecule has 1 unspecified atom stereocenters. The Morgan fingerprint density at radius 2 is 1.81 bits per heavy atom. The van der Waals surface area contributed by atoms with Crippen LogP contribution in [0.2, 0.25) is 5.02 Å². The van der Waals surface area contributed by atoms with E-state index in [9.17, 15) is 0 Å². The van der Waals surface area contributed by atoms with Crippen LogP contribution in [0.25, 0.3) is 0 Å². The Hall–Kier alpha value is -1.31. The van der Waals surface area contributed by atoms with Crippen molar-refractivity contribution >= 4 is 11.6 Å². The van der Waals surface area contributed by atoms with Crippen molar-refractivity contribution in [2.75, 3.05) is 7.05 Å². The van der Waals surface area contributed by atoms with Crippen LogP contribution in [0.5, 0.6) is 0 Å². The third-order valence-corrected chi connectivity index (χ3v) is 4.30. The van der Waals surface area contributed by atoms with Crippen molar-refractivity contribution in [3.63, 3.8) is 0 Å². The fourth-order valence-corrected chi connectivity index (χ4v) is 2.95. The number of hydrogen-bond acceptors (Lipinski definition) is 1. The maximum atomic E-state index is 6.34. The van der Waals surface area contributed by atoms with E-state index in [1.165, 1.54) is 22.3 Å². The van der Waals surface area contributed by atoms with Gasteiger partial charge in [-0.25, -0.2) is 0 Å². The molecule has 2 aromatic rings. The van der Waals surface area contributed by atoms with Gasteiger partial charge in [-0.3, -0.25) is 0 Å². The van der Waals surface area contributed by atoms with Gasteiger partial charge in [0.2, 0.25) is 0 Å². The van der Waals surface area contributed by atoms with Crippen LogP contribution in [0.1, 0.15) is 28.7 Å². The lowest BCUT2D eigenvalue weighted by atomic mass is 9.98. The summed E-state index contributed by atoms with van der Waals surface area (Å²) in [5.41, 5.74) is 5.18. The minimum Gasteiger partial charge on any atom is -0.317 e. The standard InChI is InChI=1S/C19H24ClN/c1-14-5-4-6-16(11-14)8-10-18(21-3)13-17-9-7-15(2)12-19(17)20/h4-7,9,11-12,18,21H,8,10,13H2,1-3H3. The highest BCUT2D eigenvalue weighted by molar-refractivity contribution is 6.31. The van der Waals surface area contributed by atoms with E-state index in [0.29, 0.717) is 6.04 Å². The van der Waals surface area contributed by atoms with Gasteiger partial charge < -0.3 is 5.32 Å². The molecule has 2 heteroatoms. The van der Waals surface area contributed by atoms with Crippen LogP contribution in [-0.4, -0.2) is 13.1 Å². The maximum absolute atomic E-state index is 6.34. The molecule has 0 aliphatic heterocycles. The van der Waals surface area contributed by atoms with Gasteiger partial charge in [0.1, 0.15) is 0 Å². The lowest BCUT2D eigenvalue weighted by Crippen LogP contribution is -2.28. The maximum Gasteiger partial charge on any atom is 0.0441 e. The van der Waals surface area contributed by atoms with E-state index in [4.69, 9.17) is 11.6 Å². The Labute approximate surface area is 133 Å². The molecule has 0 fully saturated rings. The molecule has 2 aromatic carbocycles. The molecule has 0 spiro atoms. The molecule has 0 heterocycles. The summed E-state index contributed by atoms with van der Waals surface area (Å²) < 4.78 is 0. The van der Waals surface area contributed by atoms with Crippen molar-refractivity contribution in [3.8, 4) is 0 Å². The predicted molar refractivity (Wildman–Crippen MR) is 92.2 cm³/mol. The minimum absolute atomic E-state index is 0.450. The molecule has 0 bridgehead atoms. The van der Waals surface area contributed by atoms with Gasteiger partial charge in [0.15, 0.2) is 0 Å². The minimum atomic E-state index is 0.450. The molecule has 0 amide bonds. The van der Waals surface area contributed by atoms with Gasteiger partial charge in [-0.15, -0.1) is 0 Å². The number of hydrogen-bond donors (Lipinski definition) is 1. The zero-order valence-corrected chi connectivity index (χ0v) is 13.9. The average molecular weight is 302 g/mol. The fraction of sp³-hybridized carbons (Fsp3) is 0.368. The van der Waals surface area contributed by atoms with Gasteiger partial charge in [0.05, 0.1) is 0 Å². The SMILES string of the molecule is CNC(CCc1cccc(C)c1)Cc1ccc(C)cc1Cl. The van der Waals surface area contributed by atoms with Crippen molar-refractivity contribution in [1.29, 1.82) is 0 Å². The normalized spacial score (nSPS) is 12.4. The molecule has 21 heavy (non-hydrogen) atoms. The summed E-state index contributed by atoms with van der Waals surface area (Å²) in [7, 11) is 2.03. The van der Waals surface area contributed by atoms with Crippen LogP contribution in [-0.2, 0) is 12.8 Å². The van der Waals surface area contributed by atoms with Crippen LogP contribution >= 0.6 is 11.6 Å². The van der Waals surface area contributed by atoms with E-state index in [1.54, 1.807) is 0 Å². The number of benzene rings is 2. The van der Waals surface area contributed by atoms with Crippen LogP contribution in [0.15, 0.2) is 42.5 Å². The van der Waals surface area contributed by atoms with Crippen molar-refractivity contribution in [3.05, 3.63) is 69.7 Å². The number of aryl methyl sites for hydroxylation is 3. The van der Waals surface area contributed by atoms with Gasteiger partial charge in [-0.2, -0.15) is 0 Å². The molecule has 0 aliphatic carbocycles. The zero-order chi connectivity index (χ0) is 15.2. The van der Waals surface area contributed by atoms with Crippen molar-refractivity contribution in [2.24, 2.45) is 0 Å². The highest BCUT2D eigenvalue weighted by Crippen LogP contribution is 2.20. The topological polar surface area (TPSA) is 12.0 Å². The molecule has 0 saturated heterocycles. The van der Waals surface area contributed by atoms with Gasteiger partial charge in [0.25, 0.3) is 0 Å². The van der Waals surface area contributed by atoms with Gasteiger partial charge in [0, 0.05) is 11.1 Å². The second kappa shape index (κ2) is 7.63. The smallest absolute Gasteiger partial charge is 0.0441 e. The summed E-state index contributed by atoms with van der Waals surface area (Å²) in [4.78, 5) is 0. The van der Waals surface area contributed by atoms with Gasteiger partial charge in [-0.1, -0.05) is 53.6 Å². The number of likely N-dealkylation sites (N-methyl/N-ethyl adjacent to an activating group) is 1. The van der Waals surface area contributed by atoms with Gasteiger partial charge in [-0.05, 0) is 62.9 Å². The quantitative estimate of drug-likeness (QED) is 0.814. The number of nitrogens with one attached hydrogen (secondary N) is 1. The predicted octanol–water partition coefficient (Wildman–Crippen LogP) is 4.72.